The molecule has 0 bridgehead atoms. The van der Waals surface area contributed by atoms with Gasteiger partial charge in [0, 0.05) is 19.2 Å². The van der Waals surface area contributed by atoms with Gasteiger partial charge in [-0.25, -0.2) is 0 Å². The highest BCUT2D eigenvalue weighted by molar-refractivity contribution is 5.53. The molecule has 2 N–H and O–H groups in total. The number of rotatable bonds is 5. The number of imidazole rings is 1. The second-order valence-corrected chi connectivity index (χ2v) is 4.27. The first-order chi connectivity index (χ1) is 7.37. The fourth-order valence-corrected chi connectivity index (χ4v) is 1.36. The third kappa shape index (κ3) is 2.69. The Morgan fingerprint density at radius 2 is 2.31 bits per heavy atom. The van der Waals surface area contributed by atoms with E-state index in [0.717, 1.165) is 0 Å². The molecular weight excluding hydrogens is 212 g/mol. The van der Waals surface area contributed by atoms with Gasteiger partial charge in [-0.1, -0.05) is 0 Å². The third-order valence-electron chi connectivity index (χ3n) is 2.28. The summed E-state index contributed by atoms with van der Waals surface area (Å²) in [4.78, 5) is 13.9. The van der Waals surface area contributed by atoms with E-state index in [1.165, 1.54) is 6.33 Å². The number of hydrogen-bond donors (Lipinski definition) is 2. The van der Waals surface area contributed by atoms with Crippen molar-refractivity contribution < 1.29 is 10.0 Å². The number of aliphatic hydroxyl groups excluding tert-OH is 1. The van der Waals surface area contributed by atoms with Crippen LogP contribution in [0.2, 0.25) is 0 Å². The summed E-state index contributed by atoms with van der Waals surface area (Å²) in [5.41, 5.74) is -0.423. The molecule has 0 unspecified atom stereocenters. The summed E-state index contributed by atoms with van der Waals surface area (Å²) < 4.78 is 1.55. The van der Waals surface area contributed by atoms with E-state index in [9.17, 15) is 10.1 Å². The van der Waals surface area contributed by atoms with E-state index in [1.807, 2.05) is 13.8 Å². The van der Waals surface area contributed by atoms with Gasteiger partial charge in [-0.15, -0.1) is 0 Å². The molecule has 1 rings (SSSR count). The van der Waals surface area contributed by atoms with Crippen LogP contribution in [0, 0.1) is 10.1 Å². The number of aromatic nitrogens is 2. The molecule has 0 aromatic carbocycles. The number of nitrogens with one attached hydrogen (secondary N) is 1. The maximum Gasteiger partial charge on any atom is 0.406 e. The molecule has 0 aliphatic heterocycles. The van der Waals surface area contributed by atoms with Crippen molar-refractivity contribution in [1.82, 2.24) is 9.55 Å². The summed E-state index contributed by atoms with van der Waals surface area (Å²) in [5, 5.41) is 22.6. The monoisotopic (exact) mass is 228 g/mol. The molecule has 0 saturated heterocycles. The Hall–Kier alpha value is -1.63. The zero-order valence-electron chi connectivity index (χ0n) is 9.60. The predicted molar refractivity (Wildman–Crippen MR) is 59.3 cm³/mol. The van der Waals surface area contributed by atoms with Crippen molar-refractivity contribution >= 4 is 11.6 Å². The van der Waals surface area contributed by atoms with Crippen LogP contribution in [-0.4, -0.2) is 31.7 Å². The van der Waals surface area contributed by atoms with E-state index in [1.54, 1.807) is 11.6 Å². The molecule has 0 saturated carbocycles. The summed E-state index contributed by atoms with van der Waals surface area (Å²) in [6.07, 6.45) is 1.88. The lowest BCUT2D eigenvalue weighted by molar-refractivity contribution is -0.388. The fourth-order valence-electron chi connectivity index (χ4n) is 1.36. The topological polar surface area (TPSA) is 93.2 Å². The first-order valence-electron chi connectivity index (χ1n) is 4.92. The molecule has 0 aliphatic rings. The average molecular weight is 228 g/mol. The Balaban J connectivity index is 2.95. The summed E-state index contributed by atoms with van der Waals surface area (Å²) >= 11 is 0. The lowest BCUT2D eigenvalue weighted by Crippen LogP contribution is -2.33. The number of hydrogen-bond acceptors (Lipinski definition) is 5. The van der Waals surface area contributed by atoms with Crippen LogP contribution in [-0.2, 0) is 7.05 Å². The minimum absolute atomic E-state index is 0.0195. The van der Waals surface area contributed by atoms with Crippen LogP contribution in [0.15, 0.2) is 6.33 Å². The van der Waals surface area contributed by atoms with Gasteiger partial charge in [-0.3, -0.25) is 4.57 Å². The first-order valence-corrected chi connectivity index (χ1v) is 4.92. The van der Waals surface area contributed by atoms with E-state index < -0.39 is 10.5 Å². The summed E-state index contributed by atoms with van der Waals surface area (Å²) in [6, 6.07) is 0. The SMILES string of the molecule is Cn1cnc([N+](=O)[O-])c1NC(C)(C)CCO. The Kier molecular flexibility index (Phi) is 3.48. The van der Waals surface area contributed by atoms with Gasteiger partial charge in [0.15, 0.2) is 0 Å². The van der Waals surface area contributed by atoms with E-state index in [2.05, 4.69) is 10.3 Å². The van der Waals surface area contributed by atoms with Gasteiger partial charge >= 0.3 is 5.82 Å². The molecule has 7 heteroatoms. The molecule has 90 valence electrons. The number of aliphatic hydroxyl groups is 1. The molecule has 7 nitrogen and oxygen atoms in total. The van der Waals surface area contributed by atoms with Gasteiger partial charge in [0.2, 0.25) is 12.1 Å². The van der Waals surface area contributed by atoms with Crippen LogP contribution >= 0.6 is 0 Å². The zero-order chi connectivity index (χ0) is 12.3. The zero-order valence-corrected chi connectivity index (χ0v) is 9.60. The number of aryl methyl sites for hydroxylation is 1. The Morgan fingerprint density at radius 3 is 2.81 bits per heavy atom. The second-order valence-electron chi connectivity index (χ2n) is 4.27. The number of nitrogens with zero attached hydrogens (tertiary/aromatic N) is 3. The highest BCUT2D eigenvalue weighted by Gasteiger charge is 2.26. The van der Waals surface area contributed by atoms with Crippen molar-refractivity contribution in [2.24, 2.45) is 7.05 Å². The molecule has 0 fully saturated rings. The van der Waals surface area contributed by atoms with Crippen LogP contribution < -0.4 is 5.32 Å². The minimum atomic E-state index is -0.530. The van der Waals surface area contributed by atoms with E-state index >= 15 is 0 Å². The normalized spacial score (nSPS) is 11.5. The van der Waals surface area contributed by atoms with Gasteiger partial charge in [-0.2, -0.15) is 0 Å². The van der Waals surface area contributed by atoms with Crippen molar-refractivity contribution in [2.45, 2.75) is 25.8 Å². The maximum absolute atomic E-state index is 10.7. The van der Waals surface area contributed by atoms with Crippen LogP contribution in [0.1, 0.15) is 20.3 Å². The van der Waals surface area contributed by atoms with Gasteiger partial charge in [0.1, 0.15) is 0 Å². The maximum atomic E-state index is 10.7. The molecule has 16 heavy (non-hydrogen) atoms. The largest absolute Gasteiger partial charge is 0.406 e. The molecule has 1 heterocycles. The first kappa shape index (κ1) is 12.4. The van der Waals surface area contributed by atoms with Gasteiger partial charge in [-0.05, 0) is 30.2 Å². The number of nitro groups is 1. The van der Waals surface area contributed by atoms with E-state index in [0.29, 0.717) is 12.2 Å². The van der Waals surface area contributed by atoms with Crippen molar-refractivity contribution in [3.05, 3.63) is 16.4 Å². The fraction of sp³-hybridized carbons (Fsp3) is 0.667. The molecule has 0 radical (unpaired) electrons. The van der Waals surface area contributed by atoms with E-state index in [-0.39, 0.29) is 12.4 Å². The molecule has 0 spiro atoms. The molecule has 0 aliphatic carbocycles. The third-order valence-corrected chi connectivity index (χ3v) is 2.28. The Labute approximate surface area is 93.3 Å². The van der Waals surface area contributed by atoms with Crippen molar-refractivity contribution in [3.8, 4) is 0 Å². The van der Waals surface area contributed by atoms with Crippen LogP contribution in [0.3, 0.4) is 0 Å². The minimum Gasteiger partial charge on any atom is -0.396 e. The quantitative estimate of drug-likeness (QED) is 0.577. The summed E-state index contributed by atoms with van der Waals surface area (Å²) in [6.45, 7) is 3.74. The Bertz CT molecular complexity index is 386. The van der Waals surface area contributed by atoms with Crippen LogP contribution in [0.5, 0.6) is 0 Å². The molecule has 0 amide bonds. The van der Waals surface area contributed by atoms with Gasteiger partial charge in [0.25, 0.3) is 0 Å². The summed E-state index contributed by atoms with van der Waals surface area (Å²) in [7, 11) is 1.68. The van der Waals surface area contributed by atoms with Crippen LogP contribution in [0.25, 0.3) is 0 Å². The Morgan fingerprint density at radius 1 is 1.69 bits per heavy atom. The predicted octanol–water partition coefficient (Wildman–Crippen LogP) is 0.901. The highest BCUT2D eigenvalue weighted by Crippen LogP contribution is 2.25. The van der Waals surface area contributed by atoms with Crippen molar-refractivity contribution in [3.63, 3.8) is 0 Å². The van der Waals surface area contributed by atoms with Crippen molar-refractivity contribution in [1.29, 1.82) is 0 Å². The highest BCUT2D eigenvalue weighted by atomic mass is 16.6. The standard InChI is InChI=1S/C9H16N4O3/c1-9(2,4-5-14)11-8-7(13(15)16)10-6-12(8)3/h6,11,14H,4-5H2,1-3H3. The van der Waals surface area contributed by atoms with Gasteiger partial charge in [0.05, 0.1) is 0 Å². The summed E-state index contributed by atoms with van der Waals surface area (Å²) in [5.74, 6) is 0.150. The van der Waals surface area contributed by atoms with Crippen molar-refractivity contribution in [2.75, 3.05) is 11.9 Å². The average Bonchev–Trinajstić information content (AvgIpc) is 2.47. The van der Waals surface area contributed by atoms with E-state index in [4.69, 9.17) is 5.11 Å². The van der Waals surface area contributed by atoms with Crippen LogP contribution in [0.4, 0.5) is 11.6 Å². The van der Waals surface area contributed by atoms with Gasteiger partial charge < -0.3 is 20.5 Å². The lowest BCUT2D eigenvalue weighted by Gasteiger charge is -2.25. The smallest absolute Gasteiger partial charge is 0.396 e. The molecule has 0 atom stereocenters. The lowest BCUT2D eigenvalue weighted by atomic mass is 10.0. The molecule has 1 aromatic heterocycles. The number of anilines is 1. The second kappa shape index (κ2) is 4.48. The molecule has 1 aromatic rings. The molecular formula is C9H16N4O3.